The number of hydrogen-bond donors (Lipinski definition) is 1. The van der Waals surface area contributed by atoms with Crippen LogP contribution in [-0.2, 0) is 4.74 Å². The predicted octanol–water partition coefficient (Wildman–Crippen LogP) is 1.40. The molecule has 1 unspecified atom stereocenters. The van der Waals surface area contributed by atoms with Crippen molar-refractivity contribution in [2.75, 3.05) is 5.73 Å². The fourth-order valence-corrected chi connectivity index (χ4v) is 1.42. The first-order chi connectivity index (χ1) is 6.15. The van der Waals surface area contributed by atoms with Gasteiger partial charge in [-0.15, -0.1) is 11.3 Å². The molecule has 4 nitrogen and oxygen atoms in total. The zero-order valence-corrected chi connectivity index (χ0v) is 7.80. The molecule has 1 atom stereocenters. The molecule has 0 fully saturated rings. The second kappa shape index (κ2) is 3.92. The summed E-state index contributed by atoms with van der Waals surface area (Å²) in [5.74, 6) is -0.540. The van der Waals surface area contributed by atoms with Crippen LogP contribution in [0.15, 0.2) is 11.4 Å². The molecule has 0 spiro atoms. The van der Waals surface area contributed by atoms with Gasteiger partial charge in [0.2, 0.25) is 0 Å². The van der Waals surface area contributed by atoms with Gasteiger partial charge in [0.05, 0.1) is 5.69 Å². The van der Waals surface area contributed by atoms with E-state index in [1.807, 2.05) is 0 Å². The van der Waals surface area contributed by atoms with Crippen LogP contribution in [0.3, 0.4) is 0 Å². The van der Waals surface area contributed by atoms with Crippen molar-refractivity contribution < 1.29 is 9.53 Å². The minimum atomic E-state index is -0.742. The Kier molecular flexibility index (Phi) is 2.88. The SMILES string of the molecule is CC(C#N)OC(=O)c1sccc1N. The van der Waals surface area contributed by atoms with Gasteiger partial charge in [0.25, 0.3) is 0 Å². The largest absolute Gasteiger partial charge is 0.443 e. The molecule has 68 valence electrons. The lowest BCUT2D eigenvalue weighted by atomic mass is 10.4. The molecule has 0 radical (unpaired) electrons. The molecule has 0 bridgehead atoms. The van der Waals surface area contributed by atoms with Gasteiger partial charge in [0.15, 0.2) is 6.10 Å². The van der Waals surface area contributed by atoms with Crippen LogP contribution in [0.2, 0.25) is 0 Å². The first-order valence-electron chi connectivity index (χ1n) is 3.58. The van der Waals surface area contributed by atoms with Gasteiger partial charge < -0.3 is 10.5 Å². The summed E-state index contributed by atoms with van der Waals surface area (Å²) in [6.45, 7) is 1.50. The number of ether oxygens (including phenoxy) is 1. The highest BCUT2D eigenvalue weighted by atomic mass is 32.1. The van der Waals surface area contributed by atoms with Crippen molar-refractivity contribution >= 4 is 23.0 Å². The highest BCUT2D eigenvalue weighted by molar-refractivity contribution is 7.12. The number of esters is 1. The zero-order valence-electron chi connectivity index (χ0n) is 6.98. The van der Waals surface area contributed by atoms with E-state index in [0.29, 0.717) is 10.6 Å². The lowest BCUT2D eigenvalue weighted by molar-refractivity contribution is 0.0442. The molecule has 2 N–H and O–H groups in total. The maximum Gasteiger partial charge on any atom is 0.351 e. The van der Waals surface area contributed by atoms with Crippen LogP contribution >= 0.6 is 11.3 Å². The number of anilines is 1. The van der Waals surface area contributed by atoms with Crippen LogP contribution in [0.5, 0.6) is 0 Å². The molecule has 0 aliphatic carbocycles. The van der Waals surface area contributed by atoms with Gasteiger partial charge in [-0.25, -0.2) is 4.79 Å². The topological polar surface area (TPSA) is 76.1 Å². The third-order valence-corrected chi connectivity index (χ3v) is 2.26. The average molecular weight is 196 g/mol. The number of nitrogen functional groups attached to an aromatic ring is 1. The van der Waals surface area contributed by atoms with Gasteiger partial charge in [-0.1, -0.05) is 0 Å². The Balaban J connectivity index is 2.71. The van der Waals surface area contributed by atoms with E-state index < -0.39 is 12.1 Å². The summed E-state index contributed by atoms with van der Waals surface area (Å²) in [5.41, 5.74) is 5.87. The maximum absolute atomic E-state index is 11.3. The van der Waals surface area contributed by atoms with Crippen LogP contribution in [0, 0.1) is 11.3 Å². The summed E-state index contributed by atoms with van der Waals surface area (Å²) in [6.07, 6.45) is -0.742. The smallest absolute Gasteiger partial charge is 0.351 e. The zero-order chi connectivity index (χ0) is 9.84. The van der Waals surface area contributed by atoms with Crippen molar-refractivity contribution in [1.29, 1.82) is 5.26 Å². The van der Waals surface area contributed by atoms with Crippen molar-refractivity contribution in [2.24, 2.45) is 0 Å². The minimum Gasteiger partial charge on any atom is -0.443 e. The molecule has 0 aliphatic heterocycles. The van der Waals surface area contributed by atoms with Crippen molar-refractivity contribution in [3.8, 4) is 6.07 Å². The van der Waals surface area contributed by atoms with Gasteiger partial charge in [-0.2, -0.15) is 5.26 Å². The summed E-state index contributed by atoms with van der Waals surface area (Å²) in [4.78, 5) is 11.6. The van der Waals surface area contributed by atoms with E-state index in [1.54, 1.807) is 17.5 Å². The second-order valence-electron chi connectivity index (χ2n) is 2.38. The number of hydrogen-bond acceptors (Lipinski definition) is 5. The first-order valence-corrected chi connectivity index (χ1v) is 4.46. The second-order valence-corrected chi connectivity index (χ2v) is 3.30. The van der Waals surface area contributed by atoms with Crippen molar-refractivity contribution in [3.63, 3.8) is 0 Å². The fourth-order valence-electron chi connectivity index (χ4n) is 0.725. The molecule has 1 aromatic heterocycles. The number of carbonyl (C=O) groups is 1. The number of nitrogens with two attached hydrogens (primary N) is 1. The van der Waals surface area contributed by atoms with E-state index in [9.17, 15) is 4.79 Å². The average Bonchev–Trinajstić information content (AvgIpc) is 2.51. The van der Waals surface area contributed by atoms with Crippen molar-refractivity contribution in [3.05, 3.63) is 16.3 Å². The Labute approximate surface area is 79.5 Å². The van der Waals surface area contributed by atoms with Gasteiger partial charge in [-0.05, 0) is 18.4 Å². The summed E-state index contributed by atoms with van der Waals surface area (Å²) < 4.78 is 4.76. The molecular weight excluding hydrogens is 188 g/mol. The molecule has 1 rings (SSSR count). The number of nitriles is 1. The van der Waals surface area contributed by atoms with Gasteiger partial charge in [-0.3, -0.25) is 0 Å². The van der Waals surface area contributed by atoms with E-state index in [-0.39, 0.29) is 0 Å². The quantitative estimate of drug-likeness (QED) is 0.725. The Morgan fingerprint density at radius 1 is 1.85 bits per heavy atom. The monoisotopic (exact) mass is 196 g/mol. The van der Waals surface area contributed by atoms with Crippen molar-refractivity contribution in [2.45, 2.75) is 13.0 Å². The highest BCUT2D eigenvalue weighted by Crippen LogP contribution is 2.20. The summed E-state index contributed by atoms with van der Waals surface area (Å²) in [6, 6.07) is 3.42. The van der Waals surface area contributed by atoms with E-state index in [2.05, 4.69) is 0 Å². The molecule has 5 heteroatoms. The first kappa shape index (κ1) is 9.55. The highest BCUT2D eigenvalue weighted by Gasteiger charge is 2.15. The normalized spacial score (nSPS) is 11.7. The van der Waals surface area contributed by atoms with Crippen LogP contribution in [0.1, 0.15) is 16.6 Å². The third-order valence-electron chi connectivity index (χ3n) is 1.35. The predicted molar refractivity (Wildman–Crippen MR) is 49.2 cm³/mol. The molecule has 0 amide bonds. The van der Waals surface area contributed by atoms with Crippen molar-refractivity contribution in [1.82, 2.24) is 0 Å². The third kappa shape index (κ3) is 2.20. The molecule has 0 saturated heterocycles. The van der Waals surface area contributed by atoms with Gasteiger partial charge in [0, 0.05) is 0 Å². The Bertz CT molecular complexity index is 353. The van der Waals surface area contributed by atoms with Gasteiger partial charge in [0.1, 0.15) is 10.9 Å². The summed E-state index contributed by atoms with van der Waals surface area (Å²) in [5, 5.41) is 10.1. The number of carbonyl (C=O) groups excluding carboxylic acids is 1. The maximum atomic E-state index is 11.3. The summed E-state index contributed by atoms with van der Waals surface area (Å²) >= 11 is 1.20. The van der Waals surface area contributed by atoms with E-state index in [4.69, 9.17) is 15.7 Å². The van der Waals surface area contributed by atoms with Gasteiger partial charge >= 0.3 is 5.97 Å². The molecular formula is C8H8N2O2S. The van der Waals surface area contributed by atoms with Crippen LogP contribution in [0.25, 0.3) is 0 Å². The molecule has 0 aliphatic rings. The number of nitrogens with zero attached hydrogens (tertiary/aromatic N) is 1. The molecule has 0 aromatic carbocycles. The molecule has 1 aromatic rings. The lowest BCUT2D eigenvalue weighted by Gasteiger charge is -2.03. The molecule has 1 heterocycles. The molecule has 13 heavy (non-hydrogen) atoms. The fraction of sp³-hybridized carbons (Fsp3) is 0.250. The number of thiophene rings is 1. The van der Waals surface area contributed by atoms with Crippen LogP contribution < -0.4 is 5.73 Å². The standard InChI is InChI=1S/C8H8N2O2S/c1-5(4-9)12-8(11)7-6(10)2-3-13-7/h2-3,5H,10H2,1H3. The van der Waals surface area contributed by atoms with E-state index in [1.165, 1.54) is 18.3 Å². The van der Waals surface area contributed by atoms with E-state index >= 15 is 0 Å². The van der Waals surface area contributed by atoms with Crippen LogP contribution in [0.4, 0.5) is 5.69 Å². The molecule has 0 saturated carbocycles. The Morgan fingerprint density at radius 2 is 2.54 bits per heavy atom. The van der Waals surface area contributed by atoms with Crippen LogP contribution in [-0.4, -0.2) is 12.1 Å². The summed E-state index contributed by atoms with van der Waals surface area (Å²) in [7, 11) is 0. The Hall–Kier alpha value is -1.54. The minimum absolute atomic E-state index is 0.349. The number of rotatable bonds is 2. The lowest BCUT2D eigenvalue weighted by Crippen LogP contribution is -2.12. The Morgan fingerprint density at radius 3 is 3.00 bits per heavy atom. The van der Waals surface area contributed by atoms with E-state index in [0.717, 1.165) is 0 Å².